The van der Waals surface area contributed by atoms with Gasteiger partial charge >= 0.3 is 6.09 Å². The van der Waals surface area contributed by atoms with E-state index in [0.29, 0.717) is 11.4 Å². The molecule has 1 aliphatic rings. The molecule has 6 heteroatoms. The molecule has 0 spiro atoms. The standard InChI is InChI=1S/C17H24N2O4/c1-6-11-8-7-9-13-14(11)22-10-12(15(20)19(13)5)18-16(21)23-17(2,3)4/h7-9,12H,6,10H2,1-5H3,(H,18,21)/t12-/m0/s1. The summed E-state index contributed by atoms with van der Waals surface area (Å²) in [5.74, 6) is 0.460. The van der Waals surface area contributed by atoms with Crippen LogP contribution in [-0.4, -0.2) is 37.3 Å². The lowest BCUT2D eigenvalue weighted by atomic mass is 10.1. The molecule has 1 aromatic carbocycles. The number of aryl methyl sites for hydroxylation is 1. The fourth-order valence-corrected chi connectivity index (χ4v) is 2.42. The smallest absolute Gasteiger partial charge is 0.408 e. The third-order valence-corrected chi connectivity index (χ3v) is 3.53. The van der Waals surface area contributed by atoms with Gasteiger partial charge in [-0.2, -0.15) is 0 Å². The molecular formula is C17H24N2O4. The van der Waals surface area contributed by atoms with Crippen LogP contribution >= 0.6 is 0 Å². The van der Waals surface area contributed by atoms with Gasteiger partial charge in [0.2, 0.25) is 0 Å². The molecule has 0 bridgehead atoms. The minimum atomic E-state index is -0.785. The molecule has 0 aliphatic carbocycles. The molecular weight excluding hydrogens is 296 g/mol. The highest BCUT2D eigenvalue weighted by Crippen LogP contribution is 2.34. The van der Waals surface area contributed by atoms with Crippen LogP contribution in [0.1, 0.15) is 33.3 Å². The Morgan fingerprint density at radius 2 is 2.13 bits per heavy atom. The second-order valence-electron chi connectivity index (χ2n) is 6.53. The maximum atomic E-state index is 12.6. The number of alkyl carbamates (subject to hydrolysis) is 1. The number of carbonyl (C=O) groups excluding carboxylic acids is 2. The molecule has 2 rings (SSSR count). The normalized spacial score (nSPS) is 17.9. The predicted octanol–water partition coefficient (Wildman–Crippen LogP) is 2.50. The van der Waals surface area contributed by atoms with Gasteiger partial charge < -0.3 is 19.7 Å². The zero-order chi connectivity index (χ0) is 17.2. The second kappa shape index (κ2) is 6.48. The summed E-state index contributed by atoms with van der Waals surface area (Å²) >= 11 is 0. The number of hydrogen-bond donors (Lipinski definition) is 1. The third-order valence-electron chi connectivity index (χ3n) is 3.53. The van der Waals surface area contributed by atoms with Gasteiger partial charge in [-0.1, -0.05) is 19.1 Å². The molecule has 0 aromatic heterocycles. The van der Waals surface area contributed by atoms with Crippen LogP contribution in [0.2, 0.25) is 0 Å². The maximum absolute atomic E-state index is 12.6. The highest BCUT2D eigenvalue weighted by molar-refractivity contribution is 6.00. The topological polar surface area (TPSA) is 67.9 Å². The van der Waals surface area contributed by atoms with Crippen molar-refractivity contribution in [3.8, 4) is 5.75 Å². The summed E-state index contributed by atoms with van der Waals surface area (Å²) in [6, 6.07) is 4.92. The van der Waals surface area contributed by atoms with E-state index in [1.807, 2.05) is 25.1 Å². The van der Waals surface area contributed by atoms with Crippen LogP contribution in [0.5, 0.6) is 5.75 Å². The molecule has 0 fully saturated rings. The Bertz CT molecular complexity index is 607. The first-order valence-electron chi connectivity index (χ1n) is 7.74. The van der Waals surface area contributed by atoms with Gasteiger partial charge in [-0.05, 0) is 38.8 Å². The summed E-state index contributed by atoms with van der Waals surface area (Å²) in [5, 5.41) is 2.59. The van der Waals surface area contributed by atoms with Gasteiger partial charge in [0, 0.05) is 7.05 Å². The van der Waals surface area contributed by atoms with E-state index in [2.05, 4.69) is 5.32 Å². The number of para-hydroxylation sites is 1. The highest BCUT2D eigenvalue weighted by atomic mass is 16.6. The van der Waals surface area contributed by atoms with Crippen molar-refractivity contribution in [3.05, 3.63) is 23.8 Å². The predicted molar refractivity (Wildman–Crippen MR) is 87.9 cm³/mol. The number of nitrogens with zero attached hydrogens (tertiary/aromatic N) is 1. The van der Waals surface area contributed by atoms with Crippen molar-refractivity contribution < 1.29 is 19.1 Å². The number of hydrogen-bond acceptors (Lipinski definition) is 4. The first-order chi connectivity index (χ1) is 10.7. The summed E-state index contributed by atoms with van der Waals surface area (Å²) in [5.41, 5.74) is 1.12. The van der Waals surface area contributed by atoms with Gasteiger partial charge in [0.05, 0.1) is 5.69 Å². The van der Waals surface area contributed by atoms with Gasteiger partial charge in [0.25, 0.3) is 5.91 Å². The van der Waals surface area contributed by atoms with E-state index in [4.69, 9.17) is 9.47 Å². The van der Waals surface area contributed by atoms with Crippen molar-refractivity contribution in [1.82, 2.24) is 5.32 Å². The fourth-order valence-electron chi connectivity index (χ4n) is 2.42. The van der Waals surface area contributed by atoms with E-state index < -0.39 is 17.7 Å². The SMILES string of the molecule is CCc1cccc2c1OC[C@H](NC(=O)OC(C)(C)C)C(=O)N2C. The van der Waals surface area contributed by atoms with Crippen molar-refractivity contribution in [1.29, 1.82) is 0 Å². The van der Waals surface area contributed by atoms with E-state index in [1.165, 1.54) is 4.90 Å². The number of likely N-dealkylation sites (N-methyl/N-ethyl adjacent to an activating group) is 1. The monoisotopic (exact) mass is 320 g/mol. The zero-order valence-corrected chi connectivity index (χ0v) is 14.3. The molecule has 23 heavy (non-hydrogen) atoms. The lowest BCUT2D eigenvalue weighted by Gasteiger charge is -2.23. The summed E-state index contributed by atoms with van der Waals surface area (Å²) in [4.78, 5) is 26.0. The lowest BCUT2D eigenvalue weighted by molar-refractivity contribution is -0.120. The largest absolute Gasteiger partial charge is 0.488 e. The van der Waals surface area contributed by atoms with Crippen LogP contribution in [0.25, 0.3) is 0 Å². The molecule has 1 aliphatic heterocycles. The maximum Gasteiger partial charge on any atom is 0.408 e. The van der Waals surface area contributed by atoms with Crippen LogP contribution in [-0.2, 0) is 16.0 Å². The van der Waals surface area contributed by atoms with Crippen LogP contribution < -0.4 is 15.0 Å². The Balaban J connectivity index is 2.19. The van der Waals surface area contributed by atoms with E-state index in [1.54, 1.807) is 27.8 Å². The van der Waals surface area contributed by atoms with Crippen molar-refractivity contribution in [2.75, 3.05) is 18.6 Å². The lowest BCUT2D eigenvalue weighted by Crippen LogP contribution is -2.50. The van der Waals surface area contributed by atoms with Crippen molar-refractivity contribution in [2.45, 2.75) is 45.8 Å². The average molecular weight is 320 g/mol. The van der Waals surface area contributed by atoms with Crippen molar-refractivity contribution in [2.24, 2.45) is 0 Å². The van der Waals surface area contributed by atoms with Gasteiger partial charge in [-0.3, -0.25) is 4.79 Å². The van der Waals surface area contributed by atoms with E-state index in [0.717, 1.165) is 12.0 Å². The Morgan fingerprint density at radius 1 is 1.43 bits per heavy atom. The number of fused-ring (bicyclic) bond motifs is 1. The van der Waals surface area contributed by atoms with E-state index in [9.17, 15) is 9.59 Å². The number of amides is 2. The minimum Gasteiger partial charge on any atom is -0.488 e. The number of nitrogens with one attached hydrogen (secondary N) is 1. The van der Waals surface area contributed by atoms with Crippen LogP contribution in [0, 0.1) is 0 Å². The Morgan fingerprint density at radius 3 is 2.74 bits per heavy atom. The molecule has 0 radical (unpaired) electrons. The first-order valence-corrected chi connectivity index (χ1v) is 7.74. The zero-order valence-electron chi connectivity index (χ0n) is 14.3. The molecule has 0 unspecified atom stereocenters. The molecule has 2 amide bonds. The quantitative estimate of drug-likeness (QED) is 0.909. The number of benzene rings is 1. The number of ether oxygens (including phenoxy) is 2. The average Bonchev–Trinajstić information content (AvgIpc) is 2.57. The highest BCUT2D eigenvalue weighted by Gasteiger charge is 2.32. The molecule has 1 heterocycles. The van der Waals surface area contributed by atoms with Crippen LogP contribution in [0.4, 0.5) is 10.5 Å². The van der Waals surface area contributed by atoms with E-state index >= 15 is 0 Å². The summed E-state index contributed by atoms with van der Waals surface area (Å²) in [6.45, 7) is 7.42. The Hall–Kier alpha value is -2.24. The molecule has 1 N–H and O–H groups in total. The molecule has 6 nitrogen and oxygen atoms in total. The summed E-state index contributed by atoms with van der Waals surface area (Å²) < 4.78 is 11.0. The molecule has 0 saturated heterocycles. The van der Waals surface area contributed by atoms with Gasteiger partial charge in [0.1, 0.15) is 24.0 Å². The molecule has 0 saturated carbocycles. The summed E-state index contributed by atoms with van der Waals surface area (Å²) in [7, 11) is 1.68. The Kier molecular flexibility index (Phi) is 4.82. The van der Waals surface area contributed by atoms with E-state index in [-0.39, 0.29) is 12.5 Å². The third kappa shape index (κ3) is 3.94. The molecule has 1 aromatic rings. The van der Waals surface area contributed by atoms with Crippen molar-refractivity contribution in [3.63, 3.8) is 0 Å². The minimum absolute atomic E-state index is 0.0758. The Labute approximate surface area is 136 Å². The number of rotatable bonds is 2. The van der Waals surface area contributed by atoms with Gasteiger partial charge in [0.15, 0.2) is 0 Å². The van der Waals surface area contributed by atoms with Gasteiger partial charge in [-0.25, -0.2) is 4.79 Å². The summed E-state index contributed by atoms with van der Waals surface area (Å²) in [6.07, 6.45) is 0.171. The fraction of sp³-hybridized carbons (Fsp3) is 0.529. The van der Waals surface area contributed by atoms with Crippen LogP contribution in [0.3, 0.4) is 0 Å². The van der Waals surface area contributed by atoms with Crippen LogP contribution in [0.15, 0.2) is 18.2 Å². The van der Waals surface area contributed by atoms with Gasteiger partial charge in [-0.15, -0.1) is 0 Å². The molecule has 1 atom stereocenters. The number of carbonyl (C=O) groups is 2. The molecule has 126 valence electrons. The first kappa shape index (κ1) is 17.1. The van der Waals surface area contributed by atoms with Crippen molar-refractivity contribution >= 4 is 17.7 Å². The number of anilines is 1. The second-order valence-corrected chi connectivity index (χ2v) is 6.53.